The highest BCUT2D eigenvalue weighted by Gasteiger charge is 2.24. The molecule has 182 valence electrons. The molecule has 35 heavy (non-hydrogen) atoms. The zero-order valence-electron chi connectivity index (χ0n) is 20.8. The van der Waals surface area contributed by atoms with Crippen molar-refractivity contribution >= 4 is 7.25 Å². The molecule has 0 radical (unpaired) electrons. The van der Waals surface area contributed by atoms with E-state index in [0.29, 0.717) is 0 Å². The maximum absolute atomic E-state index is 9.75. The fraction of sp³-hybridized carbons (Fsp3) is 0.207. The largest absolute Gasteiger partial charge is 0.673 e. The van der Waals surface area contributed by atoms with Crippen molar-refractivity contribution in [1.82, 2.24) is 0 Å². The van der Waals surface area contributed by atoms with Crippen LogP contribution < -0.4 is 0 Å². The quantitative estimate of drug-likeness (QED) is 0.161. The van der Waals surface area contributed by atoms with E-state index < -0.39 is 7.25 Å². The van der Waals surface area contributed by atoms with Crippen molar-refractivity contribution in [3.8, 4) is 33.8 Å². The zero-order valence-corrected chi connectivity index (χ0v) is 20.8. The smallest absolute Gasteiger partial charge is 0.418 e. The maximum Gasteiger partial charge on any atom is 0.673 e. The van der Waals surface area contributed by atoms with Crippen LogP contribution in [0.2, 0.25) is 0 Å². The molecule has 0 fully saturated rings. The van der Waals surface area contributed by atoms with Crippen molar-refractivity contribution in [2.75, 3.05) is 0 Å². The van der Waals surface area contributed by atoms with Gasteiger partial charge in [0.2, 0.25) is 0 Å². The van der Waals surface area contributed by atoms with Gasteiger partial charge in [-0.2, -0.15) is 0 Å². The molecule has 0 unspecified atom stereocenters. The minimum Gasteiger partial charge on any atom is -0.418 e. The summed E-state index contributed by atoms with van der Waals surface area (Å²) >= 11 is 0. The predicted molar refractivity (Wildman–Crippen MR) is 138 cm³/mol. The molecular formula is C29H29BF4O. The third-order valence-corrected chi connectivity index (χ3v) is 6.11. The van der Waals surface area contributed by atoms with Crippen LogP contribution in [0.4, 0.5) is 17.3 Å². The minimum atomic E-state index is -6.00. The first kappa shape index (κ1) is 26.2. The van der Waals surface area contributed by atoms with Gasteiger partial charge < -0.3 is 17.3 Å². The third kappa shape index (κ3) is 6.81. The van der Waals surface area contributed by atoms with Gasteiger partial charge in [0.15, 0.2) is 0 Å². The zero-order chi connectivity index (χ0) is 25.9. The van der Waals surface area contributed by atoms with Crippen LogP contribution in [0.5, 0.6) is 0 Å². The van der Waals surface area contributed by atoms with Crippen molar-refractivity contribution in [2.45, 2.75) is 41.5 Å². The number of rotatable bonds is 3. The average Bonchev–Trinajstić information content (AvgIpc) is 2.78. The number of aryl methyl sites for hydroxylation is 6. The van der Waals surface area contributed by atoms with Crippen LogP contribution in [0.25, 0.3) is 33.8 Å². The van der Waals surface area contributed by atoms with E-state index in [9.17, 15) is 17.3 Å². The van der Waals surface area contributed by atoms with Gasteiger partial charge in [0.25, 0.3) is 0 Å². The lowest BCUT2D eigenvalue weighted by Gasteiger charge is -2.08. The van der Waals surface area contributed by atoms with Crippen molar-refractivity contribution in [1.29, 1.82) is 0 Å². The first-order chi connectivity index (χ1) is 16.3. The summed E-state index contributed by atoms with van der Waals surface area (Å²) in [5, 5.41) is 0. The molecule has 0 N–H and O–H groups in total. The van der Waals surface area contributed by atoms with Gasteiger partial charge in [-0.05, 0) is 92.6 Å². The number of hydrogen-bond acceptors (Lipinski definition) is 0. The molecule has 0 spiro atoms. The summed E-state index contributed by atoms with van der Waals surface area (Å²) in [5.74, 6) is 1.81. The second kappa shape index (κ2) is 10.5. The van der Waals surface area contributed by atoms with Crippen LogP contribution in [0.3, 0.4) is 0 Å². The van der Waals surface area contributed by atoms with Crippen LogP contribution >= 0.6 is 0 Å². The van der Waals surface area contributed by atoms with Crippen molar-refractivity contribution in [2.24, 2.45) is 0 Å². The monoisotopic (exact) mass is 480 g/mol. The van der Waals surface area contributed by atoms with Gasteiger partial charge in [-0.3, -0.25) is 0 Å². The Kier molecular flexibility index (Phi) is 7.84. The van der Waals surface area contributed by atoms with Crippen molar-refractivity contribution in [3.05, 3.63) is 100 Å². The van der Waals surface area contributed by atoms with Gasteiger partial charge >= 0.3 is 18.8 Å². The first-order valence-corrected chi connectivity index (χ1v) is 11.4. The molecule has 6 heteroatoms. The van der Waals surface area contributed by atoms with Crippen LogP contribution in [0.15, 0.2) is 71.1 Å². The Balaban J connectivity index is 0.000000623. The van der Waals surface area contributed by atoms with E-state index in [-0.39, 0.29) is 0 Å². The summed E-state index contributed by atoms with van der Waals surface area (Å²) in [6.07, 6.45) is 0. The molecule has 0 saturated heterocycles. The summed E-state index contributed by atoms with van der Waals surface area (Å²) in [5.41, 5.74) is 12.3. The van der Waals surface area contributed by atoms with E-state index in [1.165, 1.54) is 44.5 Å². The van der Waals surface area contributed by atoms with Gasteiger partial charge in [0.05, 0.1) is 23.3 Å². The first-order valence-electron chi connectivity index (χ1n) is 11.4. The lowest BCUT2D eigenvalue weighted by atomic mass is 9.95. The molecule has 4 aromatic rings. The molecule has 0 aliphatic rings. The molecule has 0 aliphatic carbocycles. The van der Waals surface area contributed by atoms with Crippen LogP contribution in [0.1, 0.15) is 33.4 Å². The molecule has 0 bridgehead atoms. The van der Waals surface area contributed by atoms with Crippen LogP contribution in [-0.2, 0) is 0 Å². The minimum absolute atomic E-state index is 0.907. The molecule has 1 heterocycles. The number of benzene rings is 3. The Morgan fingerprint density at radius 3 is 1.26 bits per heavy atom. The van der Waals surface area contributed by atoms with Gasteiger partial charge in [0, 0.05) is 5.56 Å². The molecule has 0 aliphatic heterocycles. The molecule has 0 saturated carbocycles. The Bertz CT molecular complexity index is 1260. The topological polar surface area (TPSA) is 11.3 Å². The summed E-state index contributed by atoms with van der Waals surface area (Å²) in [7, 11) is -6.00. The summed E-state index contributed by atoms with van der Waals surface area (Å²) < 4.78 is 45.6. The SMILES string of the molecule is Cc1cc(C)c(-c2cc(-c3ccccc3)cc(-c3cc(C)c(C)cc3C)[o+]2)cc1C.F[B-](F)(F)F. The maximum atomic E-state index is 9.75. The van der Waals surface area contributed by atoms with Crippen LogP contribution in [-0.4, -0.2) is 7.25 Å². The molecule has 0 amide bonds. The lowest BCUT2D eigenvalue weighted by molar-refractivity contribution is 0.368. The third-order valence-electron chi connectivity index (χ3n) is 6.11. The van der Waals surface area contributed by atoms with Gasteiger partial charge in [-0.1, -0.05) is 42.5 Å². The van der Waals surface area contributed by atoms with E-state index in [1.54, 1.807) is 0 Å². The highest BCUT2D eigenvalue weighted by molar-refractivity contribution is 6.50. The van der Waals surface area contributed by atoms with Crippen molar-refractivity contribution in [3.63, 3.8) is 0 Å². The summed E-state index contributed by atoms with van der Waals surface area (Å²) in [6.45, 7) is 13.0. The molecular weight excluding hydrogens is 451 g/mol. The second-order valence-electron chi connectivity index (χ2n) is 8.94. The highest BCUT2D eigenvalue weighted by Crippen LogP contribution is 2.36. The second-order valence-corrected chi connectivity index (χ2v) is 8.94. The van der Waals surface area contributed by atoms with Gasteiger partial charge in [-0.25, -0.2) is 4.42 Å². The predicted octanol–water partition coefficient (Wildman–Crippen LogP) is 9.71. The van der Waals surface area contributed by atoms with E-state index in [4.69, 9.17) is 4.42 Å². The molecule has 4 rings (SSSR count). The summed E-state index contributed by atoms with van der Waals surface area (Å²) in [6, 6.07) is 23.9. The number of halogens is 4. The van der Waals surface area contributed by atoms with E-state index in [0.717, 1.165) is 22.6 Å². The Hall–Kier alpha value is -3.41. The standard InChI is InChI=1S/C29H29O.BF4/c1-18-12-22(5)26(14-20(18)3)28-16-25(24-10-8-7-9-11-24)17-29(30-28)27-15-21(4)19(2)13-23(27)6;2-1(3,4)5/h7-17H,1-6H3;/q+1;-1. The van der Waals surface area contributed by atoms with Gasteiger partial charge in [-0.15, -0.1) is 0 Å². The molecule has 1 aromatic heterocycles. The van der Waals surface area contributed by atoms with Crippen LogP contribution in [0, 0.1) is 41.5 Å². The Morgan fingerprint density at radius 2 is 0.857 bits per heavy atom. The Morgan fingerprint density at radius 1 is 0.486 bits per heavy atom. The fourth-order valence-corrected chi connectivity index (χ4v) is 4.02. The molecule has 3 aromatic carbocycles. The highest BCUT2D eigenvalue weighted by atomic mass is 19.5. The lowest BCUT2D eigenvalue weighted by Crippen LogP contribution is -2.02. The molecule has 1 nitrogen and oxygen atoms in total. The average molecular weight is 480 g/mol. The van der Waals surface area contributed by atoms with Crippen molar-refractivity contribution < 1.29 is 21.7 Å². The normalized spacial score (nSPS) is 11.1. The van der Waals surface area contributed by atoms with Gasteiger partial charge in [0.1, 0.15) is 0 Å². The molecule has 0 atom stereocenters. The fourth-order valence-electron chi connectivity index (χ4n) is 4.02. The number of hydrogen-bond donors (Lipinski definition) is 0. The van der Waals surface area contributed by atoms with E-state index in [1.807, 2.05) is 0 Å². The van der Waals surface area contributed by atoms with E-state index >= 15 is 0 Å². The summed E-state index contributed by atoms with van der Waals surface area (Å²) in [4.78, 5) is 0. The van der Waals surface area contributed by atoms with E-state index in [2.05, 4.69) is 108 Å². The Labute approximate surface area is 204 Å².